The van der Waals surface area contributed by atoms with Crippen LogP contribution in [-0.2, 0) is 0 Å². The molecule has 1 heterocycles. The molecule has 0 saturated heterocycles. The van der Waals surface area contributed by atoms with Crippen molar-refractivity contribution in [2.24, 2.45) is 0 Å². The summed E-state index contributed by atoms with van der Waals surface area (Å²) in [5.74, 6) is 0.317. The Bertz CT molecular complexity index is 674. The first-order valence-electron chi connectivity index (χ1n) is 5.52. The van der Waals surface area contributed by atoms with Crippen LogP contribution in [0, 0.1) is 6.92 Å². The van der Waals surface area contributed by atoms with Gasteiger partial charge in [0.05, 0.1) is 5.69 Å². The highest BCUT2D eigenvalue weighted by Gasteiger charge is 2.31. The minimum atomic E-state index is -0.208. The molecule has 1 unspecified atom stereocenters. The van der Waals surface area contributed by atoms with Gasteiger partial charge in [0.15, 0.2) is 0 Å². The number of hydrogen-bond donors (Lipinski definition) is 2. The van der Waals surface area contributed by atoms with Gasteiger partial charge in [0.1, 0.15) is 5.75 Å². The molecule has 1 aromatic carbocycles. The predicted molar refractivity (Wildman–Crippen MR) is 64.2 cm³/mol. The number of aromatic hydroxyl groups is 1. The van der Waals surface area contributed by atoms with Gasteiger partial charge < -0.3 is 5.11 Å². The summed E-state index contributed by atoms with van der Waals surface area (Å²) in [6.45, 7) is 4.03. The van der Waals surface area contributed by atoms with E-state index in [1.54, 1.807) is 12.1 Å². The molecule has 0 spiro atoms. The number of aromatic amines is 1. The van der Waals surface area contributed by atoms with Crippen molar-refractivity contribution >= 4 is 0 Å². The van der Waals surface area contributed by atoms with Gasteiger partial charge in [-0.25, -0.2) is 5.10 Å². The summed E-state index contributed by atoms with van der Waals surface area (Å²) in [6, 6.07) is 5.12. The molecule has 0 amide bonds. The lowest BCUT2D eigenvalue weighted by Crippen LogP contribution is -2.08. The molecule has 0 radical (unpaired) electrons. The molecule has 0 saturated carbocycles. The van der Waals surface area contributed by atoms with Crippen LogP contribution in [0.15, 0.2) is 23.0 Å². The molecule has 3 rings (SSSR count). The van der Waals surface area contributed by atoms with Gasteiger partial charge in [-0.1, -0.05) is 13.0 Å². The predicted octanol–water partition coefficient (Wildman–Crippen LogP) is 1.92. The summed E-state index contributed by atoms with van der Waals surface area (Å²) in [7, 11) is 0. The number of benzene rings is 1. The maximum atomic E-state index is 11.3. The van der Waals surface area contributed by atoms with Gasteiger partial charge in [-0.05, 0) is 29.7 Å². The first kappa shape index (κ1) is 10.1. The number of hydrogen-bond acceptors (Lipinski definition) is 3. The van der Waals surface area contributed by atoms with E-state index in [9.17, 15) is 9.90 Å². The number of phenols is 1. The Morgan fingerprint density at radius 3 is 2.94 bits per heavy atom. The van der Waals surface area contributed by atoms with E-state index >= 15 is 0 Å². The molecule has 2 aromatic rings. The zero-order valence-electron chi connectivity index (χ0n) is 9.61. The zero-order valence-corrected chi connectivity index (χ0v) is 9.61. The molecule has 1 atom stereocenters. The van der Waals surface area contributed by atoms with E-state index in [0.29, 0.717) is 5.69 Å². The van der Waals surface area contributed by atoms with E-state index in [4.69, 9.17) is 0 Å². The second-order valence-corrected chi connectivity index (χ2v) is 4.45. The average Bonchev–Trinajstić information content (AvgIpc) is 2.59. The van der Waals surface area contributed by atoms with Crippen molar-refractivity contribution < 1.29 is 5.11 Å². The SMILES string of the molecule is Cc1ccc(O)c2c1C(C)c1cc(=O)[nH]nc1-2. The lowest BCUT2D eigenvalue weighted by atomic mass is 9.95. The molecular weight excluding hydrogens is 216 g/mol. The van der Waals surface area contributed by atoms with Crippen molar-refractivity contribution in [2.45, 2.75) is 19.8 Å². The molecular formula is C13H12N2O2. The second kappa shape index (κ2) is 3.20. The average molecular weight is 228 g/mol. The summed E-state index contributed by atoms with van der Waals surface area (Å²) in [6.07, 6.45) is 0. The number of phenolic OH excluding ortho intramolecular Hbond substituents is 1. The summed E-state index contributed by atoms with van der Waals surface area (Å²) >= 11 is 0. The topological polar surface area (TPSA) is 66.0 Å². The first-order valence-corrected chi connectivity index (χ1v) is 5.52. The Morgan fingerprint density at radius 1 is 1.41 bits per heavy atom. The number of aryl methyl sites for hydroxylation is 1. The van der Waals surface area contributed by atoms with E-state index < -0.39 is 0 Å². The van der Waals surface area contributed by atoms with Crippen molar-refractivity contribution in [1.29, 1.82) is 0 Å². The molecule has 0 fully saturated rings. The van der Waals surface area contributed by atoms with Crippen LogP contribution in [-0.4, -0.2) is 15.3 Å². The van der Waals surface area contributed by atoms with Crippen molar-refractivity contribution in [3.8, 4) is 17.0 Å². The highest BCUT2D eigenvalue weighted by atomic mass is 16.3. The highest BCUT2D eigenvalue weighted by molar-refractivity contribution is 5.81. The van der Waals surface area contributed by atoms with E-state index in [1.807, 2.05) is 19.9 Å². The van der Waals surface area contributed by atoms with Gasteiger partial charge >= 0.3 is 0 Å². The Hall–Kier alpha value is -2.10. The van der Waals surface area contributed by atoms with Crippen molar-refractivity contribution in [3.63, 3.8) is 0 Å². The minimum Gasteiger partial charge on any atom is -0.507 e. The van der Waals surface area contributed by atoms with Gasteiger partial charge in [0.2, 0.25) is 0 Å². The molecule has 1 aliphatic rings. The van der Waals surface area contributed by atoms with E-state index in [-0.39, 0.29) is 17.2 Å². The standard InChI is InChI=1S/C13H12N2O2/c1-6-3-4-9(16)12-11(6)7(2)8-5-10(17)14-15-13(8)12/h3-5,7,16H,1-2H3,(H,14,17). The Balaban J connectivity index is 2.43. The molecule has 0 bridgehead atoms. The molecule has 1 aromatic heterocycles. The molecule has 4 nitrogen and oxygen atoms in total. The van der Waals surface area contributed by atoms with E-state index in [1.165, 1.54) is 0 Å². The molecule has 2 N–H and O–H groups in total. The van der Waals surface area contributed by atoms with E-state index in [2.05, 4.69) is 10.2 Å². The van der Waals surface area contributed by atoms with Gasteiger partial charge in [-0.15, -0.1) is 0 Å². The summed E-state index contributed by atoms with van der Waals surface area (Å²) < 4.78 is 0. The van der Waals surface area contributed by atoms with Crippen LogP contribution in [0.2, 0.25) is 0 Å². The number of rotatable bonds is 0. The van der Waals surface area contributed by atoms with E-state index in [0.717, 1.165) is 22.3 Å². The number of H-pyrrole nitrogens is 1. The molecule has 17 heavy (non-hydrogen) atoms. The van der Waals surface area contributed by atoms with Crippen LogP contribution in [0.5, 0.6) is 5.75 Å². The fourth-order valence-corrected chi connectivity index (χ4v) is 2.62. The van der Waals surface area contributed by atoms with Crippen LogP contribution in [0.1, 0.15) is 29.5 Å². The first-order chi connectivity index (χ1) is 8.09. The lowest BCUT2D eigenvalue weighted by molar-refractivity contribution is 0.476. The fraction of sp³-hybridized carbons (Fsp3) is 0.231. The van der Waals surface area contributed by atoms with Crippen molar-refractivity contribution in [1.82, 2.24) is 10.2 Å². The monoisotopic (exact) mass is 228 g/mol. The maximum absolute atomic E-state index is 11.3. The Morgan fingerprint density at radius 2 is 2.18 bits per heavy atom. The molecule has 86 valence electrons. The maximum Gasteiger partial charge on any atom is 0.264 e. The summed E-state index contributed by atoms with van der Waals surface area (Å²) in [5.41, 5.74) is 4.29. The number of fused-ring (bicyclic) bond motifs is 3. The van der Waals surface area contributed by atoms with Crippen molar-refractivity contribution in [2.75, 3.05) is 0 Å². The molecule has 4 heteroatoms. The van der Waals surface area contributed by atoms with Gasteiger partial charge in [-0.2, -0.15) is 5.10 Å². The third-order valence-electron chi connectivity index (χ3n) is 3.42. The zero-order chi connectivity index (χ0) is 12.2. The van der Waals surface area contributed by atoms with Crippen LogP contribution in [0.4, 0.5) is 0 Å². The van der Waals surface area contributed by atoms with Crippen molar-refractivity contribution in [3.05, 3.63) is 45.2 Å². The van der Waals surface area contributed by atoms with Crippen LogP contribution in [0.3, 0.4) is 0 Å². The molecule has 0 aliphatic heterocycles. The lowest BCUT2D eigenvalue weighted by Gasteiger charge is -2.09. The number of nitrogens with one attached hydrogen (secondary N) is 1. The second-order valence-electron chi connectivity index (χ2n) is 4.45. The largest absolute Gasteiger partial charge is 0.507 e. The smallest absolute Gasteiger partial charge is 0.264 e. The highest BCUT2D eigenvalue weighted by Crippen LogP contribution is 2.47. The molecule has 1 aliphatic carbocycles. The Labute approximate surface area is 97.9 Å². The summed E-state index contributed by atoms with van der Waals surface area (Å²) in [4.78, 5) is 11.3. The third kappa shape index (κ3) is 1.24. The summed E-state index contributed by atoms with van der Waals surface area (Å²) in [5, 5.41) is 16.4. The van der Waals surface area contributed by atoms with Gasteiger partial charge in [0.25, 0.3) is 5.56 Å². The normalized spacial score (nSPS) is 16.7. The Kier molecular flexibility index (Phi) is 1.90. The minimum absolute atomic E-state index is 0.0990. The van der Waals surface area contributed by atoms with Crippen LogP contribution < -0.4 is 5.56 Å². The fourth-order valence-electron chi connectivity index (χ4n) is 2.62. The number of nitrogens with zero attached hydrogens (tertiary/aromatic N) is 1. The number of aromatic nitrogens is 2. The van der Waals surface area contributed by atoms with Gasteiger partial charge in [0, 0.05) is 17.5 Å². The quantitative estimate of drug-likeness (QED) is 0.724. The van der Waals surface area contributed by atoms with Gasteiger partial charge in [-0.3, -0.25) is 4.79 Å². The van der Waals surface area contributed by atoms with Crippen LogP contribution in [0.25, 0.3) is 11.3 Å². The third-order valence-corrected chi connectivity index (χ3v) is 3.42. The van der Waals surface area contributed by atoms with Crippen LogP contribution >= 0.6 is 0 Å².